The smallest absolute Gasteiger partial charge is 0.341 e. The lowest BCUT2D eigenvalue weighted by molar-refractivity contribution is 0.0524. The molecule has 0 aliphatic carbocycles. The van der Waals surface area contributed by atoms with Crippen molar-refractivity contribution in [1.82, 2.24) is 15.3 Å². The van der Waals surface area contributed by atoms with Gasteiger partial charge in [-0.1, -0.05) is 12.1 Å². The second-order valence-electron chi connectivity index (χ2n) is 5.28. The quantitative estimate of drug-likeness (QED) is 0.625. The number of ether oxygens (including phenoxy) is 1. The highest BCUT2D eigenvalue weighted by molar-refractivity contribution is 7.80. The van der Waals surface area contributed by atoms with Gasteiger partial charge < -0.3 is 15.4 Å². The molecule has 2 aromatic rings. The number of nitrogens with one attached hydrogen (secondary N) is 2. The molecule has 1 aromatic heterocycles. The number of rotatable bonds is 5. The van der Waals surface area contributed by atoms with Crippen LogP contribution in [0.15, 0.2) is 30.5 Å². The molecular weight excluding hydrogens is 343 g/mol. The highest BCUT2D eigenvalue weighted by atomic mass is 32.1. The summed E-state index contributed by atoms with van der Waals surface area (Å²) in [7, 11) is 0. The van der Waals surface area contributed by atoms with Crippen molar-refractivity contribution in [3.05, 3.63) is 53.1 Å². The summed E-state index contributed by atoms with van der Waals surface area (Å²) < 4.78 is 17.9. The van der Waals surface area contributed by atoms with Gasteiger partial charge in [-0.3, -0.25) is 0 Å². The molecule has 2 N–H and O–H groups in total. The minimum atomic E-state index is -0.461. The first-order valence-corrected chi connectivity index (χ1v) is 8.15. The molecule has 8 heteroatoms. The number of aromatic nitrogens is 2. The molecule has 0 amide bonds. The lowest BCUT2D eigenvalue weighted by atomic mass is 10.1. The Bertz CT molecular complexity index is 768. The van der Waals surface area contributed by atoms with Crippen molar-refractivity contribution in [2.75, 3.05) is 11.9 Å². The van der Waals surface area contributed by atoms with E-state index in [-0.39, 0.29) is 24.4 Å². The van der Waals surface area contributed by atoms with Crippen molar-refractivity contribution in [1.29, 1.82) is 0 Å². The van der Waals surface area contributed by atoms with Crippen LogP contribution in [-0.2, 0) is 4.74 Å². The number of carbonyl (C=O) groups excluding carboxylic acids is 1. The first-order valence-electron chi connectivity index (χ1n) is 7.74. The van der Waals surface area contributed by atoms with Crippen LogP contribution in [0.4, 0.5) is 10.3 Å². The van der Waals surface area contributed by atoms with E-state index < -0.39 is 5.97 Å². The first kappa shape index (κ1) is 18.7. The molecular formula is C17H19FN4O2S. The summed E-state index contributed by atoms with van der Waals surface area (Å²) in [6.07, 6.45) is 1.40. The topological polar surface area (TPSA) is 76.1 Å². The first-order chi connectivity index (χ1) is 11.9. The highest BCUT2D eigenvalue weighted by Crippen LogP contribution is 2.13. The van der Waals surface area contributed by atoms with E-state index >= 15 is 0 Å². The van der Waals surface area contributed by atoms with E-state index in [1.165, 1.54) is 18.3 Å². The number of hydrogen-bond acceptors (Lipinski definition) is 5. The zero-order valence-corrected chi connectivity index (χ0v) is 15.0. The van der Waals surface area contributed by atoms with Crippen LogP contribution in [0, 0.1) is 12.7 Å². The van der Waals surface area contributed by atoms with E-state index in [2.05, 4.69) is 20.6 Å². The van der Waals surface area contributed by atoms with E-state index in [0.717, 1.165) is 5.56 Å². The number of halogens is 1. The fourth-order valence-electron chi connectivity index (χ4n) is 2.11. The normalized spacial score (nSPS) is 11.5. The Labute approximate surface area is 150 Å². The van der Waals surface area contributed by atoms with Crippen molar-refractivity contribution in [2.24, 2.45) is 0 Å². The van der Waals surface area contributed by atoms with Gasteiger partial charge in [0.1, 0.15) is 5.82 Å². The number of aryl methyl sites for hydroxylation is 1. The van der Waals surface area contributed by atoms with Crippen molar-refractivity contribution < 1.29 is 13.9 Å². The summed E-state index contributed by atoms with van der Waals surface area (Å²) in [5.41, 5.74) is 1.69. The lowest BCUT2D eigenvalue weighted by Crippen LogP contribution is -2.31. The van der Waals surface area contributed by atoms with Crippen molar-refractivity contribution in [3.63, 3.8) is 0 Å². The molecule has 0 unspecified atom stereocenters. The van der Waals surface area contributed by atoms with E-state index in [1.54, 1.807) is 26.0 Å². The zero-order valence-electron chi connectivity index (χ0n) is 14.2. The Morgan fingerprint density at radius 2 is 2.04 bits per heavy atom. The Hall–Kier alpha value is -2.61. The third-order valence-electron chi connectivity index (χ3n) is 3.42. The third-order valence-corrected chi connectivity index (χ3v) is 3.64. The predicted octanol–water partition coefficient (Wildman–Crippen LogP) is 3.15. The molecule has 132 valence electrons. The summed E-state index contributed by atoms with van der Waals surface area (Å²) in [6.45, 7) is 5.61. The van der Waals surface area contributed by atoms with Gasteiger partial charge in [-0.05, 0) is 50.7 Å². The number of anilines is 1. The Balaban J connectivity index is 1.99. The largest absolute Gasteiger partial charge is 0.462 e. The van der Waals surface area contributed by atoms with Gasteiger partial charge in [0, 0.05) is 6.20 Å². The number of thiocarbonyl (C=S) groups is 1. The monoisotopic (exact) mass is 362 g/mol. The molecule has 0 radical (unpaired) electrons. The summed E-state index contributed by atoms with van der Waals surface area (Å²) in [5.74, 6) is -0.478. The van der Waals surface area contributed by atoms with Crippen LogP contribution in [0.1, 0.15) is 41.5 Å². The SMILES string of the molecule is CCOC(=O)c1cnc(NC(=S)N[C@H](C)c2ccc(F)cc2)nc1C. The Morgan fingerprint density at radius 3 is 2.64 bits per heavy atom. The van der Waals surface area contributed by atoms with E-state index in [1.807, 2.05) is 6.92 Å². The van der Waals surface area contributed by atoms with Gasteiger partial charge in [0.2, 0.25) is 5.95 Å². The van der Waals surface area contributed by atoms with Gasteiger partial charge in [-0.15, -0.1) is 0 Å². The van der Waals surface area contributed by atoms with Crippen molar-refractivity contribution >= 4 is 29.2 Å². The molecule has 0 saturated heterocycles. The van der Waals surface area contributed by atoms with Gasteiger partial charge in [0.25, 0.3) is 0 Å². The maximum atomic E-state index is 13.0. The lowest BCUT2D eigenvalue weighted by Gasteiger charge is -2.17. The van der Waals surface area contributed by atoms with Gasteiger partial charge in [-0.25, -0.2) is 19.2 Å². The van der Waals surface area contributed by atoms with Gasteiger partial charge in [0.05, 0.1) is 23.9 Å². The molecule has 0 aliphatic rings. The van der Waals surface area contributed by atoms with E-state index in [4.69, 9.17) is 17.0 Å². The van der Waals surface area contributed by atoms with E-state index in [0.29, 0.717) is 16.4 Å². The van der Waals surface area contributed by atoms with Crippen molar-refractivity contribution in [2.45, 2.75) is 26.8 Å². The molecule has 2 rings (SSSR count). The predicted molar refractivity (Wildman–Crippen MR) is 96.9 cm³/mol. The van der Waals surface area contributed by atoms with Crippen LogP contribution < -0.4 is 10.6 Å². The van der Waals surface area contributed by atoms with Crippen LogP contribution in [0.25, 0.3) is 0 Å². The number of carbonyl (C=O) groups is 1. The molecule has 0 saturated carbocycles. The molecule has 1 atom stereocenters. The molecule has 1 heterocycles. The molecule has 0 fully saturated rings. The fourth-order valence-corrected chi connectivity index (χ4v) is 2.37. The van der Waals surface area contributed by atoms with Crippen LogP contribution in [-0.4, -0.2) is 27.7 Å². The molecule has 25 heavy (non-hydrogen) atoms. The maximum absolute atomic E-state index is 13.0. The van der Waals surface area contributed by atoms with Crippen LogP contribution in [0.2, 0.25) is 0 Å². The standard InChI is InChI=1S/C17H19FN4O2S/c1-4-24-15(23)14-9-19-16(20-11(14)3)22-17(25)21-10(2)12-5-7-13(18)8-6-12/h5-10H,4H2,1-3H3,(H2,19,20,21,22,25)/t10-/m1/s1. The third kappa shape index (κ3) is 5.18. The second-order valence-corrected chi connectivity index (χ2v) is 5.69. The van der Waals surface area contributed by atoms with Crippen LogP contribution in [0.5, 0.6) is 0 Å². The van der Waals surface area contributed by atoms with Crippen LogP contribution >= 0.6 is 12.2 Å². The number of benzene rings is 1. The van der Waals surface area contributed by atoms with Gasteiger partial charge in [0.15, 0.2) is 5.11 Å². The molecule has 6 nitrogen and oxygen atoms in total. The summed E-state index contributed by atoms with van der Waals surface area (Å²) in [6, 6.07) is 6.03. The minimum absolute atomic E-state index is 0.125. The molecule has 1 aromatic carbocycles. The molecule has 0 aliphatic heterocycles. The number of nitrogens with zero attached hydrogens (tertiary/aromatic N) is 2. The Kier molecular flexibility index (Phi) is 6.35. The summed E-state index contributed by atoms with van der Waals surface area (Å²) >= 11 is 5.24. The average Bonchev–Trinajstić information content (AvgIpc) is 2.55. The van der Waals surface area contributed by atoms with Crippen LogP contribution in [0.3, 0.4) is 0 Å². The Morgan fingerprint density at radius 1 is 1.36 bits per heavy atom. The number of hydrogen-bond donors (Lipinski definition) is 2. The zero-order chi connectivity index (χ0) is 18.4. The van der Waals surface area contributed by atoms with Gasteiger partial charge in [-0.2, -0.15) is 0 Å². The fraction of sp³-hybridized carbons (Fsp3) is 0.294. The maximum Gasteiger partial charge on any atom is 0.341 e. The van der Waals surface area contributed by atoms with Crippen molar-refractivity contribution in [3.8, 4) is 0 Å². The highest BCUT2D eigenvalue weighted by Gasteiger charge is 2.14. The van der Waals surface area contributed by atoms with Gasteiger partial charge >= 0.3 is 5.97 Å². The summed E-state index contributed by atoms with van der Waals surface area (Å²) in [5, 5.41) is 6.25. The number of esters is 1. The minimum Gasteiger partial charge on any atom is -0.462 e. The second kappa shape index (κ2) is 8.48. The molecule has 0 bridgehead atoms. The van der Waals surface area contributed by atoms with E-state index in [9.17, 15) is 9.18 Å². The summed E-state index contributed by atoms with van der Waals surface area (Å²) in [4.78, 5) is 20.0. The average molecular weight is 362 g/mol. The molecule has 0 spiro atoms.